The van der Waals surface area contributed by atoms with Gasteiger partial charge < -0.3 is 18.9 Å². The first kappa shape index (κ1) is 24.5. The molecule has 4 rings (SSSR count). The second-order valence-electron chi connectivity index (χ2n) is 7.07. The van der Waals surface area contributed by atoms with Gasteiger partial charge in [-0.3, -0.25) is 0 Å². The molecule has 0 spiro atoms. The number of nitrogens with one attached hydrogen (secondary N) is 1. The number of methoxy groups -OCH3 is 3. The lowest BCUT2D eigenvalue weighted by molar-refractivity contribution is 0.305. The van der Waals surface area contributed by atoms with Crippen LogP contribution in [0.15, 0.2) is 53.4 Å². The molecule has 0 saturated carbocycles. The van der Waals surface area contributed by atoms with Crippen LogP contribution in [0.25, 0.3) is 17.0 Å². The van der Waals surface area contributed by atoms with Crippen molar-refractivity contribution in [2.24, 2.45) is 0 Å². The minimum atomic E-state index is -3.87. The van der Waals surface area contributed by atoms with E-state index in [2.05, 4.69) is 20.0 Å². The lowest BCUT2D eigenvalue weighted by Crippen LogP contribution is -2.28. The molecule has 2 aromatic heterocycles. The monoisotopic (exact) mass is 519 g/mol. The number of aromatic nitrogens is 4. The fraction of sp³-hybridized carbons (Fsp3) is 0.227. The van der Waals surface area contributed by atoms with Crippen LogP contribution < -0.4 is 23.7 Å². The number of benzene rings is 2. The van der Waals surface area contributed by atoms with E-state index in [1.165, 1.54) is 23.8 Å². The van der Waals surface area contributed by atoms with Crippen molar-refractivity contribution < 1.29 is 27.4 Å². The Kier molecular flexibility index (Phi) is 7.24. The van der Waals surface area contributed by atoms with Crippen molar-refractivity contribution in [3.05, 3.63) is 53.6 Å². The van der Waals surface area contributed by atoms with Crippen molar-refractivity contribution in [2.45, 2.75) is 4.90 Å². The smallest absolute Gasteiger partial charge is 0.244 e. The highest BCUT2D eigenvalue weighted by molar-refractivity contribution is 7.89. The van der Waals surface area contributed by atoms with Crippen LogP contribution in [-0.2, 0) is 10.0 Å². The van der Waals surface area contributed by atoms with Gasteiger partial charge in [-0.25, -0.2) is 13.1 Å². The van der Waals surface area contributed by atoms with Crippen molar-refractivity contribution in [1.82, 2.24) is 24.5 Å². The van der Waals surface area contributed by atoms with E-state index in [-0.39, 0.29) is 34.7 Å². The van der Waals surface area contributed by atoms with Crippen LogP contribution in [0.4, 0.5) is 0 Å². The molecule has 0 unspecified atom stereocenters. The molecule has 1 N–H and O–H groups in total. The highest BCUT2D eigenvalue weighted by Crippen LogP contribution is 2.32. The summed E-state index contributed by atoms with van der Waals surface area (Å²) < 4.78 is 50.8. The highest BCUT2D eigenvalue weighted by atomic mass is 35.5. The molecule has 0 bridgehead atoms. The Morgan fingerprint density at radius 2 is 1.74 bits per heavy atom. The number of nitrogens with zero attached hydrogens (tertiary/aromatic N) is 4. The molecular weight excluding hydrogens is 498 g/mol. The van der Waals surface area contributed by atoms with Gasteiger partial charge in [0.15, 0.2) is 11.5 Å². The molecule has 35 heavy (non-hydrogen) atoms. The maximum Gasteiger partial charge on any atom is 0.244 e. The molecule has 11 nitrogen and oxygen atoms in total. The van der Waals surface area contributed by atoms with E-state index >= 15 is 0 Å². The number of hydrogen-bond acceptors (Lipinski definition) is 9. The van der Waals surface area contributed by atoms with Crippen LogP contribution in [0, 0.1) is 0 Å². The zero-order valence-electron chi connectivity index (χ0n) is 19.1. The fourth-order valence-corrected chi connectivity index (χ4v) is 4.71. The lowest BCUT2D eigenvalue weighted by atomic mass is 10.2. The number of halogens is 1. The summed E-state index contributed by atoms with van der Waals surface area (Å²) in [6.07, 6.45) is 0. The highest BCUT2D eigenvalue weighted by Gasteiger charge is 2.20. The van der Waals surface area contributed by atoms with E-state index in [4.69, 9.17) is 30.5 Å². The maximum atomic E-state index is 12.7. The molecule has 0 amide bonds. The lowest BCUT2D eigenvalue weighted by Gasteiger charge is -2.12. The van der Waals surface area contributed by atoms with Crippen LogP contribution in [0.5, 0.6) is 23.1 Å². The average molecular weight is 520 g/mol. The van der Waals surface area contributed by atoms with E-state index < -0.39 is 10.0 Å². The van der Waals surface area contributed by atoms with Gasteiger partial charge in [0.1, 0.15) is 28.8 Å². The molecule has 13 heteroatoms. The largest absolute Gasteiger partial charge is 0.497 e. The Labute approximate surface area is 206 Å². The van der Waals surface area contributed by atoms with Crippen LogP contribution in [-0.4, -0.2) is 62.7 Å². The molecule has 0 radical (unpaired) electrons. The summed E-state index contributed by atoms with van der Waals surface area (Å²) in [6.45, 7) is 0.00297. The summed E-state index contributed by atoms with van der Waals surface area (Å²) in [6, 6.07) is 13.0. The summed E-state index contributed by atoms with van der Waals surface area (Å²) in [5, 5.41) is 13.1. The Hall–Kier alpha value is -3.61. The number of sulfonamides is 1. The molecule has 0 aliphatic heterocycles. The van der Waals surface area contributed by atoms with Crippen LogP contribution in [0.1, 0.15) is 0 Å². The normalized spacial score (nSPS) is 11.4. The molecule has 0 aliphatic carbocycles. The molecule has 0 fully saturated rings. The topological polar surface area (TPSA) is 126 Å². The molecular formula is C22H22ClN5O6S. The van der Waals surface area contributed by atoms with Crippen molar-refractivity contribution in [2.75, 3.05) is 34.5 Å². The Balaban J connectivity index is 1.48. The third kappa shape index (κ3) is 5.24. The van der Waals surface area contributed by atoms with Gasteiger partial charge in [-0.2, -0.15) is 4.52 Å². The van der Waals surface area contributed by atoms with Crippen LogP contribution in [0.3, 0.4) is 0 Å². The first-order valence-corrected chi connectivity index (χ1v) is 12.1. The molecule has 184 valence electrons. The van der Waals surface area contributed by atoms with E-state index in [1.54, 1.807) is 50.6 Å². The Bertz CT molecular complexity index is 1460. The minimum Gasteiger partial charge on any atom is -0.497 e. The predicted octanol–water partition coefficient (Wildman–Crippen LogP) is 2.83. The SMILES string of the molecule is COc1ccc(-c2nnc3ccc(OCCNS(=O)(=O)c4cc(Cl)ccc4OC)nn23)c(OC)c1. The van der Waals surface area contributed by atoms with Gasteiger partial charge in [0, 0.05) is 23.7 Å². The van der Waals surface area contributed by atoms with Crippen molar-refractivity contribution in [1.29, 1.82) is 0 Å². The summed E-state index contributed by atoms with van der Waals surface area (Å²) in [7, 11) is 0.624. The van der Waals surface area contributed by atoms with Gasteiger partial charge in [-0.05, 0) is 36.4 Å². The summed E-state index contributed by atoms with van der Waals surface area (Å²) in [5.74, 6) is 2.06. The number of rotatable bonds is 10. The molecule has 2 heterocycles. The van der Waals surface area contributed by atoms with E-state index in [0.717, 1.165) is 0 Å². The van der Waals surface area contributed by atoms with Gasteiger partial charge in [-0.15, -0.1) is 15.3 Å². The second kappa shape index (κ2) is 10.3. The third-order valence-electron chi connectivity index (χ3n) is 4.95. The van der Waals surface area contributed by atoms with Crippen molar-refractivity contribution in [3.8, 4) is 34.5 Å². The summed E-state index contributed by atoms with van der Waals surface area (Å²) in [4.78, 5) is -0.0605. The molecule has 0 aliphatic rings. The Morgan fingerprint density at radius 3 is 2.49 bits per heavy atom. The fourth-order valence-electron chi connectivity index (χ4n) is 3.27. The van der Waals surface area contributed by atoms with Gasteiger partial charge in [-0.1, -0.05) is 11.6 Å². The van der Waals surface area contributed by atoms with Gasteiger partial charge >= 0.3 is 0 Å². The van der Waals surface area contributed by atoms with Gasteiger partial charge in [0.05, 0.1) is 26.9 Å². The molecule has 0 saturated heterocycles. The maximum absolute atomic E-state index is 12.7. The minimum absolute atomic E-state index is 0.0148. The van der Waals surface area contributed by atoms with Gasteiger partial charge in [0.2, 0.25) is 15.9 Å². The van der Waals surface area contributed by atoms with Crippen LogP contribution >= 0.6 is 11.6 Å². The second-order valence-corrected chi connectivity index (χ2v) is 9.24. The first-order valence-electron chi connectivity index (χ1n) is 10.3. The van der Waals surface area contributed by atoms with Crippen molar-refractivity contribution in [3.63, 3.8) is 0 Å². The third-order valence-corrected chi connectivity index (χ3v) is 6.66. The molecule has 4 aromatic rings. The zero-order valence-corrected chi connectivity index (χ0v) is 20.6. The van der Waals surface area contributed by atoms with Crippen LogP contribution in [0.2, 0.25) is 5.02 Å². The number of fused-ring (bicyclic) bond motifs is 1. The van der Waals surface area contributed by atoms with Crippen molar-refractivity contribution >= 4 is 27.3 Å². The molecule has 2 aromatic carbocycles. The Morgan fingerprint density at radius 1 is 0.943 bits per heavy atom. The predicted molar refractivity (Wildman–Crippen MR) is 128 cm³/mol. The van der Waals surface area contributed by atoms with Gasteiger partial charge in [0.25, 0.3) is 0 Å². The summed E-state index contributed by atoms with van der Waals surface area (Å²) in [5.41, 5.74) is 1.16. The van der Waals surface area contributed by atoms with E-state index in [1.807, 2.05) is 0 Å². The van der Waals surface area contributed by atoms with E-state index in [9.17, 15) is 8.42 Å². The first-order chi connectivity index (χ1) is 16.9. The number of ether oxygens (including phenoxy) is 4. The molecule has 0 atom stereocenters. The standard InChI is InChI=1S/C22H22ClN5O6S/c1-31-15-5-6-16(18(13-15)33-3)22-26-25-20-8-9-21(27-28(20)22)34-11-10-24-35(29,30)19-12-14(23)4-7-17(19)32-2/h4-9,12-13,24H,10-11H2,1-3H3. The quantitative estimate of drug-likeness (QED) is 0.315. The average Bonchev–Trinajstić information content (AvgIpc) is 3.29. The summed E-state index contributed by atoms with van der Waals surface area (Å²) >= 11 is 5.94. The van der Waals surface area contributed by atoms with E-state index in [0.29, 0.717) is 28.5 Å². The zero-order chi connectivity index (χ0) is 25.0. The number of hydrogen-bond donors (Lipinski definition) is 1.